The van der Waals surface area contributed by atoms with Gasteiger partial charge in [-0.25, -0.2) is 17.2 Å². The molecule has 2 aromatic rings. The van der Waals surface area contributed by atoms with Crippen LogP contribution < -0.4 is 4.72 Å². The molecule has 0 spiro atoms. The third-order valence-electron chi connectivity index (χ3n) is 2.55. The average molecular weight is 343 g/mol. The molecule has 0 atom stereocenters. The summed E-state index contributed by atoms with van der Waals surface area (Å²) in [6.07, 6.45) is 1.57. The van der Waals surface area contributed by atoms with Crippen molar-refractivity contribution in [3.8, 4) is 0 Å². The molecule has 0 amide bonds. The molecule has 1 N–H and O–H groups in total. The molecule has 22 heavy (non-hydrogen) atoms. The molecule has 0 fully saturated rings. The molecule has 8 heteroatoms. The summed E-state index contributed by atoms with van der Waals surface area (Å²) in [4.78, 5) is 11.3. The highest BCUT2D eigenvalue weighted by Gasteiger charge is 2.12. The van der Waals surface area contributed by atoms with Gasteiger partial charge in [0.05, 0.1) is 11.9 Å². The summed E-state index contributed by atoms with van der Waals surface area (Å²) < 4.78 is 51.6. The zero-order valence-electron chi connectivity index (χ0n) is 11.3. The Morgan fingerprint density at radius 3 is 2.41 bits per heavy atom. The van der Waals surface area contributed by atoms with Crippen LogP contribution in [0.4, 0.5) is 14.5 Å². The van der Waals surface area contributed by atoms with E-state index in [-0.39, 0.29) is 10.6 Å². The number of sulfonamides is 1. The molecule has 4 nitrogen and oxygen atoms in total. The van der Waals surface area contributed by atoms with Crippen molar-refractivity contribution in [2.75, 3.05) is 11.0 Å². The summed E-state index contributed by atoms with van der Waals surface area (Å²) in [6, 6.07) is 7.34. The van der Waals surface area contributed by atoms with Gasteiger partial charge in [0, 0.05) is 21.4 Å². The lowest BCUT2D eigenvalue weighted by Gasteiger charge is -2.11. The summed E-state index contributed by atoms with van der Waals surface area (Å²) in [7, 11) is -3.53. The molecule has 116 valence electrons. The molecule has 0 aliphatic rings. The Bertz CT molecular complexity index is 823. The van der Waals surface area contributed by atoms with Gasteiger partial charge in [0.2, 0.25) is 10.0 Å². The van der Waals surface area contributed by atoms with Crippen molar-refractivity contribution in [2.45, 2.75) is 9.79 Å². The summed E-state index contributed by atoms with van der Waals surface area (Å²) in [5.74, 6) is -1.48. The first-order valence-electron chi connectivity index (χ1n) is 5.98. The number of rotatable bonds is 5. The molecule has 0 aliphatic carbocycles. The van der Waals surface area contributed by atoms with Gasteiger partial charge in [-0.05, 0) is 30.3 Å². The number of hydrogen-bond donors (Lipinski definition) is 1. The van der Waals surface area contributed by atoms with E-state index in [1.165, 1.54) is 24.3 Å². The highest BCUT2D eigenvalue weighted by atomic mass is 32.2. The predicted octanol–water partition coefficient (Wildman–Crippen LogP) is 3.30. The lowest BCUT2D eigenvalue weighted by molar-refractivity contribution is 0.112. The topological polar surface area (TPSA) is 63.2 Å². The second-order valence-electron chi connectivity index (χ2n) is 4.42. The van der Waals surface area contributed by atoms with Crippen molar-refractivity contribution in [3.05, 3.63) is 53.6 Å². The van der Waals surface area contributed by atoms with Gasteiger partial charge in [0.1, 0.15) is 17.9 Å². The Morgan fingerprint density at radius 2 is 1.82 bits per heavy atom. The normalized spacial score (nSPS) is 11.2. The van der Waals surface area contributed by atoms with E-state index in [0.29, 0.717) is 16.7 Å². The van der Waals surface area contributed by atoms with E-state index < -0.39 is 21.7 Å². The van der Waals surface area contributed by atoms with Gasteiger partial charge in [-0.1, -0.05) is 11.8 Å². The van der Waals surface area contributed by atoms with Crippen LogP contribution in [-0.4, -0.2) is 21.0 Å². The van der Waals surface area contributed by atoms with Crippen LogP contribution in [0.2, 0.25) is 0 Å². The zero-order valence-corrected chi connectivity index (χ0v) is 13.0. The molecule has 0 saturated carbocycles. The fraction of sp³-hybridized carbons (Fsp3) is 0.0714. The molecular weight excluding hydrogens is 332 g/mol. The first-order valence-corrected chi connectivity index (χ1v) is 8.69. The average Bonchev–Trinajstić information content (AvgIpc) is 2.42. The number of benzene rings is 2. The first kappa shape index (κ1) is 16.4. The van der Waals surface area contributed by atoms with Crippen molar-refractivity contribution in [3.63, 3.8) is 0 Å². The Morgan fingerprint density at radius 1 is 1.09 bits per heavy atom. The maximum Gasteiger partial charge on any atom is 0.229 e. The van der Waals surface area contributed by atoms with Gasteiger partial charge in [0.25, 0.3) is 0 Å². The fourth-order valence-electron chi connectivity index (χ4n) is 1.66. The number of nitrogens with one attached hydrogen (secondary N) is 1. The first-order chi connectivity index (χ1) is 10.3. The van der Waals surface area contributed by atoms with E-state index >= 15 is 0 Å². The number of aldehydes is 1. The van der Waals surface area contributed by atoms with Gasteiger partial charge in [-0.15, -0.1) is 0 Å². The molecule has 0 radical (unpaired) electrons. The van der Waals surface area contributed by atoms with Crippen LogP contribution in [0.5, 0.6) is 0 Å². The predicted molar refractivity (Wildman–Crippen MR) is 80.8 cm³/mol. The molecule has 0 heterocycles. The Balaban J connectivity index is 2.44. The van der Waals surface area contributed by atoms with Gasteiger partial charge >= 0.3 is 0 Å². The molecule has 0 bridgehead atoms. The Labute approximate surface area is 130 Å². The van der Waals surface area contributed by atoms with E-state index in [2.05, 4.69) is 4.72 Å². The Kier molecular flexibility index (Phi) is 4.82. The third kappa shape index (κ3) is 4.28. The number of hydrogen-bond acceptors (Lipinski definition) is 4. The van der Waals surface area contributed by atoms with Crippen molar-refractivity contribution < 1.29 is 22.0 Å². The summed E-state index contributed by atoms with van der Waals surface area (Å²) in [5, 5.41) is 0. The number of anilines is 1. The maximum atomic E-state index is 13.7. The molecule has 0 saturated heterocycles. The minimum absolute atomic E-state index is 0.112. The van der Waals surface area contributed by atoms with E-state index in [4.69, 9.17) is 0 Å². The fourth-order valence-corrected chi connectivity index (χ4v) is 3.25. The minimum Gasteiger partial charge on any atom is -0.298 e. The number of halogens is 2. The molecule has 0 aliphatic heterocycles. The smallest absolute Gasteiger partial charge is 0.229 e. The quantitative estimate of drug-likeness (QED) is 0.846. The molecule has 2 aromatic carbocycles. The van der Waals surface area contributed by atoms with Crippen LogP contribution in [0.1, 0.15) is 10.4 Å². The number of carbonyl (C=O) groups is 1. The zero-order chi connectivity index (χ0) is 16.3. The summed E-state index contributed by atoms with van der Waals surface area (Å²) in [5.41, 5.74) is 0.519. The van der Waals surface area contributed by atoms with Crippen molar-refractivity contribution >= 4 is 33.8 Å². The van der Waals surface area contributed by atoms with E-state index in [1.807, 2.05) is 0 Å². The molecule has 2 rings (SSSR count). The minimum atomic E-state index is -3.53. The summed E-state index contributed by atoms with van der Waals surface area (Å²) in [6.45, 7) is 0. The lowest BCUT2D eigenvalue weighted by Crippen LogP contribution is -2.10. The highest BCUT2D eigenvalue weighted by Crippen LogP contribution is 2.36. The van der Waals surface area contributed by atoms with Crippen LogP contribution >= 0.6 is 11.8 Å². The van der Waals surface area contributed by atoms with E-state index in [1.54, 1.807) is 0 Å². The SMILES string of the molecule is CS(=O)(=O)Nc1ccc(C=O)cc1Sc1ccc(F)cc1F. The number of carbonyl (C=O) groups excluding carboxylic acids is 1. The molecule has 0 aromatic heterocycles. The van der Waals surface area contributed by atoms with Crippen molar-refractivity contribution in [2.24, 2.45) is 0 Å². The second-order valence-corrected chi connectivity index (χ2v) is 7.26. The van der Waals surface area contributed by atoms with Crippen LogP contribution in [0.25, 0.3) is 0 Å². The van der Waals surface area contributed by atoms with Crippen LogP contribution in [-0.2, 0) is 10.0 Å². The maximum absolute atomic E-state index is 13.7. The summed E-state index contributed by atoms with van der Waals surface area (Å²) >= 11 is 0.892. The lowest BCUT2D eigenvalue weighted by atomic mass is 10.2. The van der Waals surface area contributed by atoms with Crippen LogP contribution in [0, 0.1) is 11.6 Å². The van der Waals surface area contributed by atoms with Gasteiger partial charge in [0.15, 0.2) is 0 Å². The standard InChI is InChI=1S/C14H11F2NO3S2/c1-22(19,20)17-12-4-2-9(8-18)6-14(12)21-13-5-3-10(15)7-11(13)16/h2-8,17H,1H3. The largest absolute Gasteiger partial charge is 0.298 e. The van der Waals surface area contributed by atoms with Crippen molar-refractivity contribution in [1.82, 2.24) is 0 Å². The highest BCUT2D eigenvalue weighted by molar-refractivity contribution is 7.99. The van der Waals surface area contributed by atoms with Gasteiger partial charge < -0.3 is 0 Å². The monoisotopic (exact) mass is 343 g/mol. The van der Waals surface area contributed by atoms with Crippen LogP contribution in [0.3, 0.4) is 0 Å². The molecule has 0 unspecified atom stereocenters. The third-order valence-corrected chi connectivity index (χ3v) is 4.25. The second kappa shape index (κ2) is 6.45. The van der Waals surface area contributed by atoms with Crippen molar-refractivity contribution in [1.29, 1.82) is 0 Å². The van der Waals surface area contributed by atoms with E-state index in [0.717, 1.165) is 30.2 Å². The Hall–Kier alpha value is -1.93. The molecular formula is C14H11F2NO3S2. The van der Waals surface area contributed by atoms with Gasteiger partial charge in [-0.2, -0.15) is 0 Å². The van der Waals surface area contributed by atoms with Gasteiger partial charge in [-0.3, -0.25) is 9.52 Å². The van der Waals surface area contributed by atoms with Crippen LogP contribution in [0.15, 0.2) is 46.2 Å². The van der Waals surface area contributed by atoms with E-state index in [9.17, 15) is 22.0 Å².